The molecule has 1 aromatic heterocycles. The number of nitrogens with zero attached hydrogens (tertiary/aromatic N) is 5. The Hall–Kier alpha value is -3.59. The Balaban J connectivity index is 1.52. The van der Waals surface area contributed by atoms with Gasteiger partial charge in [0.25, 0.3) is 11.5 Å². The van der Waals surface area contributed by atoms with Crippen LogP contribution in [0, 0.1) is 5.92 Å². The molecule has 37 heavy (non-hydrogen) atoms. The molecule has 1 unspecified atom stereocenters. The van der Waals surface area contributed by atoms with Crippen LogP contribution in [0.1, 0.15) is 31.9 Å². The summed E-state index contributed by atoms with van der Waals surface area (Å²) in [4.78, 5) is 38.6. The monoisotopic (exact) mass is 505 g/mol. The standard InChI is InChI=1S/C28H35N5O4/c1-18(2)14-23-27(35)32(17-19-6-8-20(9-7-19)31-12-10-30(3)11-13-31)28-29-22-16-25(37-5)24(36-4)15-21(22)26(34)33(23)28/h6-9,15-16,18,23H,10-14,17H2,1-5H3. The molecule has 1 amide bonds. The molecule has 196 valence electrons. The van der Waals surface area contributed by atoms with Gasteiger partial charge in [-0.05, 0) is 43.1 Å². The quantitative estimate of drug-likeness (QED) is 0.487. The first-order valence-corrected chi connectivity index (χ1v) is 12.8. The predicted octanol–water partition coefficient (Wildman–Crippen LogP) is 3.30. The molecule has 2 aromatic carbocycles. The summed E-state index contributed by atoms with van der Waals surface area (Å²) >= 11 is 0. The number of methoxy groups -OCH3 is 2. The number of fused-ring (bicyclic) bond motifs is 2. The highest BCUT2D eigenvalue weighted by atomic mass is 16.5. The maximum absolute atomic E-state index is 13.7. The predicted molar refractivity (Wildman–Crippen MR) is 145 cm³/mol. The van der Waals surface area contributed by atoms with Crippen LogP contribution in [-0.2, 0) is 11.3 Å². The number of aromatic nitrogens is 2. The molecule has 0 saturated carbocycles. The highest BCUT2D eigenvalue weighted by Gasteiger charge is 2.40. The summed E-state index contributed by atoms with van der Waals surface area (Å²) < 4.78 is 12.4. The number of amides is 1. The first-order valence-electron chi connectivity index (χ1n) is 12.8. The van der Waals surface area contributed by atoms with Gasteiger partial charge in [-0.2, -0.15) is 0 Å². The summed E-state index contributed by atoms with van der Waals surface area (Å²) in [6, 6.07) is 11.1. The van der Waals surface area contributed by atoms with Crippen molar-refractivity contribution in [1.29, 1.82) is 0 Å². The normalized spacial score (nSPS) is 18.1. The van der Waals surface area contributed by atoms with E-state index in [2.05, 4.69) is 55.0 Å². The Labute approximate surface area is 217 Å². The first-order chi connectivity index (χ1) is 17.8. The van der Waals surface area contributed by atoms with Gasteiger partial charge in [0.15, 0.2) is 11.5 Å². The number of carbonyl (C=O) groups is 1. The van der Waals surface area contributed by atoms with Gasteiger partial charge in [-0.1, -0.05) is 26.0 Å². The molecule has 2 aliphatic rings. The molecule has 0 bridgehead atoms. The average Bonchev–Trinajstić information content (AvgIpc) is 3.14. The highest BCUT2D eigenvalue weighted by Crippen LogP contribution is 2.36. The van der Waals surface area contributed by atoms with E-state index in [0.717, 1.165) is 31.7 Å². The van der Waals surface area contributed by atoms with Crippen molar-refractivity contribution in [3.05, 3.63) is 52.3 Å². The van der Waals surface area contributed by atoms with Crippen LogP contribution in [0.2, 0.25) is 0 Å². The maximum Gasteiger partial charge on any atom is 0.263 e. The fourth-order valence-corrected chi connectivity index (χ4v) is 5.24. The Morgan fingerprint density at radius 3 is 2.24 bits per heavy atom. The van der Waals surface area contributed by atoms with E-state index in [4.69, 9.17) is 14.5 Å². The number of hydrogen-bond acceptors (Lipinski definition) is 7. The maximum atomic E-state index is 13.7. The molecule has 2 aliphatic heterocycles. The molecule has 0 spiro atoms. The minimum atomic E-state index is -0.586. The van der Waals surface area contributed by atoms with E-state index < -0.39 is 6.04 Å². The first kappa shape index (κ1) is 25.1. The van der Waals surface area contributed by atoms with Crippen LogP contribution in [0.3, 0.4) is 0 Å². The number of likely N-dealkylation sites (N-methyl/N-ethyl adjacent to an activating group) is 1. The summed E-state index contributed by atoms with van der Waals surface area (Å²) in [7, 11) is 5.22. The highest BCUT2D eigenvalue weighted by molar-refractivity contribution is 5.99. The van der Waals surface area contributed by atoms with E-state index in [1.807, 2.05) is 0 Å². The summed E-state index contributed by atoms with van der Waals surface area (Å²) in [6.45, 7) is 8.55. The largest absolute Gasteiger partial charge is 0.493 e. The van der Waals surface area contributed by atoms with Crippen LogP contribution in [-0.4, -0.2) is 67.8 Å². The molecule has 0 aliphatic carbocycles. The zero-order chi connectivity index (χ0) is 26.3. The van der Waals surface area contributed by atoms with Crippen LogP contribution < -0.4 is 24.8 Å². The molecule has 3 aromatic rings. The Morgan fingerprint density at radius 2 is 1.62 bits per heavy atom. The molecule has 0 N–H and O–H groups in total. The van der Waals surface area contributed by atoms with E-state index in [-0.39, 0.29) is 17.4 Å². The van der Waals surface area contributed by atoms with E-state index in [0.29, 0.717) is 41.3 Å². The number of ether oxygens (including phenoxy) is 2. The zero-order valence-corrected chi connectivity index (χ0v) is 22.2. The number of anilines is 2. The molecule has 3 heterocycles. The van der Waals surface area contributed by atoms with Crippen molar-refractivity contribution in [3.8, 4) is 11.5 Å². The number of hydrogen-bond donors (Lipinski definition) is 0. The third-order valence-corrected chi connectivity index (χ3v) is 7.33. The average molecular weight is 506 g/mol. The number of piperazine rings is 1. The lowest BCUT2D eigenvalue weighted by atomic mass is 10.0. The Bertz CT molecular complexity index is 1360. The van der Waals surface area contributed by atoms with Crippen molar-refractivity contribution < 1.29 is 14.3 Å². The topological polar surface area (TPSA) is 80.1 Å². The van der Waals surface area contributed by atoms with Gasteiger partial charge in [0.05, 0.1) is 31.7 Å². The molecule has 9 heteroatoms. The van der Waals surface area contributed by atoms with Crippen molar-refractivity contribution in [2.75, 3.05) is 57.2 Å². The molecule has 9 nitrogen and oxygen atoms in total. The van der Waals surface area contributed by atoms with Crippen molar-refractivity contribution >= 4 is 28.4 Å². The zero-order valence-electron chi connectivity index (χ0n) is 22.2. The van der Waals surface area contributed by atoms with Gasteiger partial charge >= 0.3 is 0 Å². The number of rotatable bonds is 7. The van der Waals surface area contributed by atoms with E-state index in [9.17, 15) is 9.59 Å². The lowest BCUT2D eigenvalue weighted by molar-refractivity contribution is -0.120. The summed E-state index contributed by atoms with van der Waals surface area (Å²) in [6.07, 6.45) is 0.561. The molecule has 1 saturated heterocycles. The smallest absolute Gasteiger partial charge is 0.263 e. The molecular weight excluding hydrogens is 470 g/mol. The second-order valence-electron chi connectivity index (χ2n) is 10.3. The Morgan fingerprint density at radius 1 is 0.973 bits per heavy atom. The lowest BCUT2D eigenvalue weighted by Gasteiger charge is -2.34. The summed E-state index contributed by atoms with van der Waals surface area (Å²) in [5.74, 6) is 1.45. The minimum absolute atomic E-state index is 0.101. The van der Waals surface area contributed by atoms with Crippen molar-refractivity contribution in [2.45, 2.75) is 32.9 Å². The van der Waals surface area contributed by atoms with Gasteiger partial charge in [-0.15, -0.1) is 0 Å². The molecule has 1 atom stereocenters. The van der Waals surface area contributed by atoms with Crippen molar-refractivity contribution in [3.63, 3.8) is 0 Å². The van der Waals surface area contributed by atoms with Crippen LogP contribution >= 0.6 is 0 Å². The summed E-state index contributed by atoms with van der Waals surface area (Å²) in [5, 5.41) is 0.404. The van der Waals surface area contributed by atoms with Crippen LogP contribution in [0.25, 0.3) is 10.9 Å². The van der Waals surface area contributed by atoms with Crippen LogP contribution in [0.4, 0.5) is 11.6 Å². The third-order valence-electron chi connectivity index (χ3n) is 7.33. The van der Waals surface area contributed by atoms with Gasteiger partial charge < -0.3 is 19.3 Å². The van der Waals surface area contributed by atoms with Gasteiger partial charge in [0.2, 0.25) is 5.95 Å². The molecule has 1 fully saturated rings. The van der Waals surface area contributed by atoms with Gasteiger partial charge in [-0.3, -0.25) is 19.1 Å². The SMILES string of the molecule is COc1cc2nc3n(c(=O)c2cc1OC)C(CC(C)C)C(=O)N3Cc1ccc(N2CCN(C)CC2)cc1. The third kappa shape index (κ3) is 4.64. The molecular formula is C28H35N5O4. The fraction of sp³-hybridized carbons (Fsp3) is 0.464. The van der Waals surface area contributed by atoms with Gasteiger partial charge in [-0.25, -0.2) is 4.98 Å². The second kappa shape index (κ2) is 10.0. The molecule has 5 rings (SSSR count). The van der Waals surface area contributed by atoms with E-state index >= 15 is 0 Å². The van der Waals surface area contributed by atoms with Crippen molar-refractivity contribution in [2.24, 2.45) is 5.92 Å². The van der Waals surface area contributed by atoms with Crippen molar-refractivity contribution in [1.82, 2.24) is 14.5 Å². The van der Waals surface area contributed by atoms with E-state index in [1.54, 1.807) is 28.7 Å². The van der Waals surface area contributed by atoms with Gasteiger partial charge in [0.1, 0.15) is 6.04 Å². The fourth-order valence-electron chi connectivity index (χ4n) is 5.24. The van der Waals surface area contributed by atoms with E-state index in [1.165, 1.54) is 12.8 Å². The second-order valence-corrected chi connectivity index (χ2v) is 10.3. The minimum Gasteiger partial charge on any atom is -0.493 e. The molecule has 0 radical (unpaired) electrons. The number of benzene rings is 2. The summed E-state index contributed by atoms with van der Waals surface area (Å²) in [5.41, 5.74) is 2.41. The van der Waals surface area contributed by atoms with Gasteiger partial charge in [0, 0.05) is 37.9 Å². The Kier molecular flexibility index (Phi) is 6.81. The van der Waals surface area contributed by atoms with Crippen LogP contribution in [0.15, 0.2) is 41.2 Å². The van der Waals surface area contributed by atoms with Crippen LogP contribution in [0.5, 0.6) is 11.5 Å². The lowest BCUT2D eigenvalue weighted by Crippen LogP contribution is -2.44. The number of carbonyl (C=O) groups excluding carboxylic acids is 1.